The Kier molecular flexibility index (Phi) is 5.84. The van der Waals surface area contributed by atoms with E-state index in [4.69, 9.17) is 11.6 Å². The summed E-state index contributed by atoms with van der Waals surface area (Å²) in [4.78, 5) is 14.5. The summed E-state index contributed by atoms with van der Waals surface area (Å²) in [6.07, 6.45) is 0. The Labute approximate surface area is 174 Å². The van der Waals surface area contributed by atoms with E-state index in [1.54, 1.807) is 53.1 Å². The maximum atomic E-state index is 14.2. The number of hydrogen-bond donors (Lipinski definition) is 0. The van der Waals surface area contributed by atoms with E-state index in [0.29, 0.717) is 28.0 Å². The monoisotopic (exact) mass is 435 g/mol. The van der Waals surface area contributed by atoms with Crippen LogP contribution >= 0.6 is 35.1 Å². The van der Waals surface area contributed by atoms with E-state index >= 15 is 0 Å². The first-order chi connectivity index (χ1) is 13.6. The molecule has 6 nitrogen and oxygen atoms in total. The lowest BCUT2D eigenvalue weighted by molar-refractivity contribution is -0.128. The Bertz CT molecular complexity index is 1000. The number of benzene rings is 2. The highest BCUT2D eigenvalue weighted by atomic mass is 35.5. The van der Waals surface area contributed by atoms with E-state index in [2.05, 4.69) is 15.5 Å². The molecule has 1 aliphatic heterocycles. The number of halogens is 2. The fraction of sp³-hybridized carbons (Fsp3) is 0.222. The highest BCUT2D eigenvalue weighted by Gasteiger charge is 2.32. The van der Waals surface area contributed by atoms with Crippen molar-refractivity contribution in [3.8, 4) is 5.69 Å². The fourth-order valence-corrected chi connectivity index (χ4v) is 5.17. The first-order valence-electron chi connectivity index (χ1n) is 8.46. The Morgan fingerprint density at radius 2 is 2.14 bits per heavy atom. The van der Waals surface area contributed by atoms with Gasteiger partial charge in [0.05, 0.1) is 11.4 Å². The number of nitrogens with zero attached hydrogens (tertiary/aromatic N) is 5. The fourth-order valence-electron chi connectivity index (χ4n) is 2.91. The molecule has 0 aliphatic carbocycles. The van der Waals surface area contributed by atoms with Crippen molar-refractivity contribution in [2.75, 3.05) is 18.1 Å². The molecule has 1 fully saturated rings. The van der Waals surface area contributed by atoms with E-state index in [1.165, 1.54) is 22.5 Å². The minimum absolute atomic E-state index is 0.0797. The average Bonchev–Trinajstić information content (AvgIpc) is 3.36. The molecule has 1 atom stereocenters. The Hall–Kier alpha value is -2.10. The van der Waals surface area contributed by atoms with Crippen molar-refractivity contribution in [1.29, 1.82) is 0 Å². The average molecular weight is 436 g/mol. The van der Waals surface area contributed by atoms with Crippen LogP contribution in [0, 0.1) is 5.82 Å². The third-order valence-electron chi connectivity index (χ3n) is 4.20. The summed E-state index contributed by atoms with van der Waals surface area (Å²) in [6.45, 7) is 0.586. The SMILES string of the molecule is O=C(CSc1nnnn1-c1cccc(Cl)c1)N1CCSC1c1ccccc1F. The van der Waals surface area contributed by atoms with E-state index < -0.39 is 0 Å². The smallest absolute Gasteiger partial charge is 0.234 e. The van der Waals surface area contributed by atoms with Crippen LogP contribution in [0.5, 0.6) is 0 Å². The maximum Gasteiger partial charge on any atom is 0.234 e. The Balaban J connectivity index is 1.47. The summed E-state index contributed by atoms with van der Waals surface area (Å²) in [5.41, 5.74) is 1.25. The lowest BCUT2D eigenvalue weighted by Gasteiger charge is -2.24. The first-order valence-corrected chi connectivity index (χ1v) is 10.9. The molecule has 28 heavy (non-hydrogen) atoms. The molecule has 4 rings (SSSR count). The number of tetrazole rings is 1. The number of carbonyl (C=O) groups excluding carboxylic acids is 1. The molecule has 144 valence electrons. The van der Waals surface area contributed by atoms with Crippen LogP contribution < -0.4 is 0 Å². The zero-order valence-electron chi connectivity index (χ0n) is 14.5. The van der Waals surface area contributed by atoms with Gasteiger partial charge in [-0.05, 0) is 34.7 Å². The van der Waals surface area contributed by atoms with E-state index in [9.17, 15) is 9.18 Å². The van der Waals surface area contributed by atoms with Crippen LogP contribution in [0.2, 0.25) is 5.02 Å². The Morgan fingerprint density at radius 3 is 2.96 bits per heavy atom. The van der Waals surface area contributed by atoms with Crippen molar-refractivity contribution < 1.29 is 9.18 Å². The van der Waals surface area contributed by atoms with Crippen LogP contribution in [0.3, 0.4) is 0 Å². The van der Waals surface area contributed by atoms with Crippen LogP contribution in [-0.2, 0) is 4.79 Å². The standard InChI is InChI=1S/C18H15ClFN5OS2/c19-12-4-3-5-13(10-12)25-18(21-22-23-25)28-11-16(26)24-8-9-27-17(24)14-6-1-2-7-15(14)20/h1-7,10,17H,8-9,11H2. The van der Waals surface area contributed by atoms with Gasteiger partial charge in [-0.15, -0.1) is 16.9 Å². The number of carbonyl (C=O) groups is 1. The molecule has 1 saturated heterocycles. The molecule has 2 aromatic carbocycles. The third kappa shape index (κ3) is 4.01. The largest absolute Gasteiger partial charge is 0.325 e. The van der Waals surface area contributed by atoms with Crippen LogP contribution in [0.25, 0.3) is 5.69 Å². The molecular weight excluding hydrogens is 421 g/mol. The molecular formula is C18H15ClFN5OS2. The normalized spacial score (nSPS) is 16.5. The molecule has 0 saturated carbocycles. The molecule has 1 unspecified atom stereocenters. The zero-order chi connectivity index (χ0) is 19.5. The molecule has 1 aromatic heterocycles. The molecule has 0 radical (unpaired) electrons. The van der Waals surface area contributed by atoms with Gasteiger partial charge in [-0.25, -0.2) is 4.39 Å². The number of amides is 1. The van der Waals surface area contributed by atoms with Crippen molar-refractivity contribution in [3.63, 3.8) is 0 Å². The lowest BCUT2D eigenvalue weighted by atomic mass is 10.2. The van der Waals surface area contributed by atoms with Gasteiger partial charge in [0, 0.05) is 22.9 Å². The van der Waals surface area contributed by atoms with Crippen LogP contribution in [0.1, 0.15) is 10.9 Å². The molecule has 0 N–H and O–H groups in total. The van der Waals surface area contributed by atoms with Gasteiger partial charge >= 0.3 is 0 Å². The third-order valence-corrected chi connectivity index (χ3v) is 6.58. The number of aromatic nitrogens is 4. The van der Waals surface area contributed by atoms with Gasteiger partial charge < -0.3 is 4.90 Å². The minimum Gasteiger partial charge on any atom is -0.325 e. The molecule has 0 spiro atoms. The summed E-state index contributed by atoms with van der Waals surface area (Å²) in [5, 5.41) is 12.4. The zero-order valence-corrected chi connectivity index (χ0v) is 16.9. The predicted octanol–water partition coefficient (Wildman–Crippen LogP) is 3.82. The number of rotatable bonds is 5. The molecule has 2 heterocycles. The Morgan fingerprint density at radius 1 is 1.29 bits per heavy atom. The molecule has 10 heteroatoms. The van der Waals surface area contributed by atoms with Crippen LogP contribution in [0.15, 0.2) is 53.7 Å². The van der Waals surface area contributed by atoms with Crippen molar-refractivity contribution in [3.05, 3.63) is 64.9 Å². The van der Waals surface area contributed by atoms with Gasteiger partial charge in [-0.1, -0.05) is 47.6 Å². The van der Waals surface area contributed by atoms with Crippen LogP contribution in [-0.4, -0.2) is 49.1 Å². The first kappa shape index (κ1) is 19.2. The van der Waals surface area contributed by atoms with Gasteiger partial charge in [0.1, 0.15) is 11.2 Å². The van der Waals surface area contributed by atoms with Crippen molar-refractivity contribution in [2.45, 2.75) is 10.5 Å². The molecule has 0 bridgehead atoms. The summed E-state index contributed by atoms with van der Waals surface area (Å²) in [5.74, 6) is 0.559. The number of thioether (sulfide) groups is 2. The quantitative estimate of drug-likeness (QED) is 0.568. The van der Waals surface area contributed by atoms with Gasteiger partial charge in [0.15, 0.2) is 0 Å². The topological polar surface area (TPSA) is 63.9 Å². The second-order valence-electron chi connectivity index (χ2n) is 5.97. The van der Waals surface area contributed by atoms with E-state index in [1.807, 2.05) is 6.07 Å². The van der Waals surface area contributed by atoms with Crippen molar-refractivity contribution >= 4 is 41.0 Å². The van der Waals surface area contributed by atoms with Gasteiger partial charge in [-0.3, -0.25) is 4.79 Å². The van der Waals surface area contributed by atoms with Crippen LogP contribution in [0.4, 0.5) is 4.39 Å². The predicted molar refractivity (Wildman–Crippen MR) is 108 cm³/mol. The van der Waals surface area contributed by atoms with Crippen molar-refractivity contribution in [2.24, 2.45) is 0 Å². The maximum absolute atomic E-state index is 14.2. The van der Waals surface area contributed by atoms with E-state index in [0.717, 1.165) is 5.75 Å². The van der Waals surface area contributed by atoms with Crippen molar-refractivity contribution in [1.82, 2.24) is 25.1 Å². The van der Waals surface area contributed by atoms with Gasteiger partial charge in [0.25, 0.3) is 0 Å². The highest BCUT2D eigenvalue weighted by Crippen LogP contribution is 2.39. The summed E-state index contributed by atoms with van der Waals surface area (Å²) in [6, 6.07) is 13.7. The minimum atomic E-state index is -0.307. The highest BCUT2D eigenvalue weighted by molar-refractivity contribution is 8.00. The molecule has 1 aliphatic rings. The second-order valence-corrected chi connectivity index (χ2v) is 8.54. The van der Waals surface area contributed by atoms with Gasteiger partial charge in [0.2, 0.25) is 11.1 Å². The van der Waals surface area contributed by atoms with Gasteiger partial charge in [-0.2, -0.15) is 4.68 Å². The van der Waals surface area contributed by atoms with E-state index in [-0.39, 0.29) is 22.9 Å². The lowest BCUT2D eigenvalue weighted by Crippen LogP contribution is -2.32. The summed E-state index contributed by atoms with van der Waals surface area (Å²) in [7, 11) is 0. The summed E-state index contributed by atoms with van der Waals surface area (Å²) >= 11 is 8.84. The molecule has 3 aromatic rings. The second kappa shape index (κ2) is 8.50. The molecule has 1 amide bonds. The summed E-state index contributed by atoms with van der Waals surface area (Å²) < 4.78 is 15.7. The number of hydrogen-bond acceptors (Lipinski definition) is 6.